The van der Waals surface area contributed by atoms with Gasteiger partial charge in [0.25, 0.3) is 0 Å². The number of esters is 1. The predicted molar refractivity (Wildman–Crippen MR) is 100 cm³/mol. The fraction of sp³-hybridized carbons (Fsp3) is 0.550. The highest BCUT2D eigenvalue weighted by atomic mass is 19.3. The van der Waals surface area contributed by atoms with E-state index >= 15 is 0 Å². The Morgan fingerprint density at radius 1 is 1.24 bits per heavy atom. The molecule has 0 spiro atoms. The van der Waals surface area contributed by atoms with Crippen molar-refractivity contribution in [3.05, 3.63) is 29.8 Å². The number of benzene rings is 1. The lowest BCUT2D eigenvalue weighted by atomic mass is 9.98. The van der Waals surface area contributed by atoms with E-state index in [-0.39, 0.29) is 42.4 Å². The molecule has 2 amide bonds. The number of hydrogen-bond donors (Lipinski definition) is 0. The first-order chi connectivity index (χ1) is 13.8. The molecule has 0 saturated carbocycles. The SMILES string of the molecule is CCOC(=O)C1CCCN(C(=O)CN(C)C(=O)Cc2ccc(OC(F)F)cc2)C1. The summed E-state index contributed by atoms with van der Waals surface area (Å²) >= 11 is 0. The van der Waals surface area contributed by atoms with Gasteiger partial charge in [-0.05, 0) is 37.5 Å². The first-order valence-corrected chi connectivity index (χ1v) is 9.52. The van der Waals surface area contributed by atoms with E-state index in [4.69, 9.17) is 4.74 Å². The van der Waals surface area contributed by atoms with Crippen LogP contribution in [-0.2, 0) is 25.5 Å². The quantitative estimate of drug-likeness (QED) is 0.611. The Balaban J connectivity index is 1.85. The van der Waals surface area contributed by atoms with Crippen LogP contribution in [0.5, 0.6) is 5.75 Å². The summed E-state index contributed by atoms with van der Waals surface area (Å²) in [5, 5.41) is 0. The van der Waals surface area contributed by atoms with Crippen molar-refractivity contribution in [1.82, 2.24) is 9.80 Å². The van der Waals surface area contributed by atoms with Gasteiger partial charge in [0.1, 0.15) is 5.75 Å². The van der Waals surface area contributed by atoms with E-state index in [2.05, 4.69) is 4.74 Å². The lowest BCUT2D eigenvalue weighted by Gasteiger charge is -2.32. The highest BCUT2D eigenvalue weighted by Gasteiger charge is 2.30. The van der Waals surface area contributed by atoms with E-state index in [0.29, 0.717) is 38.1 Å². The Morgan fingerprint density at radius 2 is 1.93 bits per heavy atom. The van der Waals surface area contributed by atoms with Crippen molar-refractivity contribution in [2.75, 3.05) is 33.3 Å². The standard InChI is InChI=1S/C20H26F2N2O5/c1-3-28-19(27)15-5-4-10-24(12-15)18(26)13-23(2)17(25)11-14-6-8-16(9-7-14)29-20(21)22/h6-9,15,20H,3-5,10-13H2,1-2H3. The minimum Gasteiger partial charge on any atom is -0.466 e. The van der Waals surface area contributed by atoms with Gasteiger partial charge in [-0.3, -0.25) is 14.4 Å². The molecule has 1 heterocycles. The highest BCUT2D eigenvalue weighted by Crippen LogP contribution is 2.19. The van der Waals surface area contributed by atoms with E-state index in [1.165, 1.54) is 36.2 Å². The summed E-state index contributed by atoms with van der Waals surface area (Å²) in [5.41, 5.74) is 0.622. The number of carbonyl (C=O) groups is 3. The number of likely N-dealkylation sites (N-methyl/N-ethyl adjacent to an activating group) is 1. The third kappa shape index (κ3) is 6.99. The number of ether oxygens (including phenoxy) is 2. The second-order valence-corrected chi connectivity index (χ2v) is 6.88. The van der Waals surface area contributed by atoms with Gasteiger partial charge in [0.2, 0.25) is 11.8 Å². The summed E-state index contributed by atoms with van der Waals surface area (Å²) in [6.07, 6.45) is 1.42. The highest BCUT2D eigenvalue weighted by molar-refractivity contribution is 5.86. The molecular formula is C20H26F2N2O5. The minimum atomic E-state index is -2.90. The van der Waals surface area contributed by atoms with Crippen LogP contribution in [0.2, 0.25) is 0 Å². The first kappa shape index (κ1) is 22.6. The number of rotatable bonds is 8. The van der Waals surface area contributed by atoms with Gasteiger partial charge in [0.15, 0.2) is 0 Å². The fourth-order valence-corrected chi connectivity index (χ4v) is 3.15. The average molecular weight is 412 g/mol. The van der Waals surface area contributed by atoms with Gasteiger partial charge in [-0.15, -0.1) is 0 Å². The number of likely N-dealkylation sites (tertiary alicyclic amines) is 1. The van der Waals surface area contributed by atoms with Crippen LogP contribution in [0.25, 0.3) is 0 Å². The molecule has 0 N–H and O–H groups in total. The summed E-state index contributed by atoms with van der Waals surface area (Å²) in [6, 6.07) is 5.78. The van der Waals surface area contributed by atoms with Crippen LogP contribution in [0.3, 0.4) is 0 Å². The number of hydrogen-bond acceptors (Lipinski definition) is 5. The van der Waals surface area contributed by atoms with Crippen LogP contribution in [0.4, 0.5) is 8.78 Å². The second kappa shape index (κ2) is 10.7. The molecule has 1 atom stereocenters. The van der Waals surface area contributed by atoms with Gasteiger partial charge in [0.05, 0.1) is 25.5 Å². The zero-order valence-corrected chi connectivity index (χ0v) is 16.6. The minimum absolute atomic E-state index is 0.0148. The lowest BCUT2D eigenvalue weighted by Crippen LogP contribution is -2.47. The summed E-state index contributed by atoms with van der Waals surface area (Å²) < 4.78 is 33.7. The van der Waals surface area contributed by atoms with Crippen LogP contribution in [-0.4, -0.2) is 67.5 Å². The first-order valence-electron chi connectivity index (χ1n) is 9.52. The number of nitrogens with zero attached hydrogens (tertiary/aromatic N) is 2. The molecule has 0 aliphatic carbocycles. The lowest BCUT2D eigenvalue weighted by molar-refractivity contribution is -0.152. The van der Waals surface area contributed by atoms with Gasteiger partial charge in [0, 0.05) is 20.1 Å². The molecule has 1 aliphatic heterocycles. The summed E-state index contributed by atoms with van der Waals surface area (Å²) in [4.78, 5) is 39.7. The van der Waals surface area contributed by atoms with Crippen molar-refractivity contribution in [1.29, 1.82) is 0 Å². The predicted octanol–water partition coefficient (Wildman–Crippen LogP) is 2.09. The number of carbonyl (C=O) groups excluding carboxylic acids is 3. The molecular weight excluding hydrogens is 386 g/mol. The van der Waals surface area contributed by atoms with Crippen molar-refractivity contribution in [3.63, 3.8) is 0 Å². The fourth-order valence-electron chi connectivity index (χ4n) is 3.15. The van der Waals surface area contributed by atoms with Crippen molar-refractivity contribution in [2.45, 2.75) is 32.8 Å². The monoisotopic (exact) mass is 412 g/mol. The molecule has 1 aliphatic rings. The van der Waals surface area contributed by atoms with Crippen molar-refractivity contribution in [2.24, 2.45) is 5.92 Å². The van der Waals surface area contributed by atoms with Crippen LogP contribution in [0, 0.1) is 5.92 Å². The van der Waals surface area contributed by atoms with E-state index in [1.54, 1.807) is 11.8 Å². The molecule has 1 aromatic carbocycles. The molecule has 1 saturated heterocycles. The summed E-state index contributed by atoms with van der Waals surface area (Å²) in [6.45, 7) is -0.119. The molecule has 0 aromatic heterocycles. The molecule has 160 valence electrons. The third-order valence-electron chi connectivity index (χ3n) is 4.70. The second-order valence-electron chi connectivity index (χ2n) is 6.88. The van der Waals surface area contributed by atoms with E-state index < -0.39 is 6.61 Å². The van der Waals surface area contributed by atoms with Gasteiger partial charge in [-0.25, -0.2) is 0 Å². The van der Waals surface area contributed by atoms with Crippen LogP contribution in [0.15, 0.2) is 24.3 Å². The van der Waals surface area contributed by atoms with Crippen molar-refractivity contribution in [3.8, 4) is 5.75 Å². The Bertz CT molecular complexity index is 711. The number of halogens is 2. The molecule has 1 fully saturated rings. The Hall–Kier alpha value is -2.71. The summed E-state index contributed by atoms with van der Waals surface area (Å²) in [7, 11) is 1.53. The maximum Gasteiger partial charge on any atom is 0.387 e. The maximum absolute atomic E-state index is 12.5. The number of amides is 2. The molecule has 9 heteroatoms. The molecule has 2 rings (SSSR count). The van der Waals surface area contributed by atoms with Gasteiger partial charge in [-0.1, -0.05) is 12.1 Å². The van der Waals surface area contributed by atoms with Crippen molar-refractivity contribution >= 4 is 17.8 Å². The van der Waals surface area contributed by atoms with Gasteiger partial charge in [-0.2, -0.15) is 8.78 Å². The Morgan fingerprint density at radius 3 is 2.55 bits per heavy atom. The van der Waals surface area contributed by atoms with Crippen LogP contribution < -0.4 is 4.74 Å². The van der Waals surface area contributed by atoms with Crippen molar-refractivity contribution < 1.29 is 32.6 Å². The average Bonchev–Trinajstić information content (AvgIpc) is 2.69. The molecule has 0 bridgehead atoms. The molecule has 29 heavy (non-hydrogen) atoms. The van der Waals surface area contributed by atoms with Gasteiger partial charge < -0.3 is 19.3 Å². The van der Waals surface area contributed by atoms with Crippen LogP contribution >= 0.6 is 0 Å². The molecule has 1 aromatic rings. The van der Waals surface area contributed by atoms with Gasteiger partial charge >= 0.3 is 12.6 Å². The zero-order valence-electron chi connectivity index (χ0n) is 16.6. The number of piperidine rings is 1. The van der Waals surface area contributed by atoms with Crippen LogP contribution in [0.1, 0.15) is 25.3 Å². The molecule has 1 unspecified atom stereocenters. The Labute approximate surface area is 168 Å². The van der Waals surface area contributed by atoms with E-state index in [1.807, 2.05) is 0 Å². The van der Waals surface area contributed by atoms with E-state index in [9.17, 15) is 23.2 Å². The largest absolute Gasteiger partial charge is 0.466 e. The maximum atomic E-state index is 12.5. The molecule has 7 nitrogen and oxygen atoms in total. The normalized spacial score (nSPS) is 16.4. The number of alkyl halides is 2. The Kier molecular flexibility index (Phi) is 8.35. The third-order valence-corrected chi connectivity index (χ3v) is 4.70. The summed E-state index contributed by atoms with van der Waals surface area (Å²) in [5.74, 6) is -1.12. The van der Waals surface area contributed by atoms with E-state index in [0.717, 1.165) is 0 Å². The zero-order chi connectivity index (χ0) is 21.4. The molecule has 0 radical (unpaired) electrons. The topological polar surface area (TPSA) is 76.2 Å². The smallest absolute Gasteiger partial charge is 0.387 e.